The van der Waals surface area contributed by atoms with Gasteiger partial charge in [0.25, 0.3) is 0 Å². The summed E-state index contributed by atoms with van der Waals surface area (Å²) in [5.41, 5.74) is -0.838. The quantitative estimate of drug-likeness (QED) is 0.759. The lowest BCUT2D eigenvalue weighted by molar-refractivity contribution is -0.137. The van der Waals surface area contributed by atoms with Crippen molar-refractivity contribution in [1.82, 2.24) is 10.3 Å². The van der Waals surface area contributed by atoms with E-state index in [1.807, 2.05) is 0 Å². The fraction of sp³-hybridized carbons (Fsp3) is 0.318. The third-order valence-electron chi connectivity index (χ3n) is 6.10. The minimum atomic E-state index is -4.52. The highest BCUT2D eigenvalue weighted by Gasteiger charge is 2.67. The maximum absolute atomic E-state index is 13.3. The average molecular weight is 429 g/mol. The van der Waals surface area contributed by atoms with Crippen LogP contribution < -0.4 is 10.2 Å². The summed E-state index contributed by atoms with van der Waals surface area (Å²) in [4.78, 5) is 31.4. The number of anilines is 1. The van der Waals surface area contributed by atoms with Gasteiger partial charge in [-0.3, -0.25) is 14.6 Å². The first-order chi connectivity index (χ1) is 14.8. The summed E-state index contributed by atoms with van der Waals surface area (Å²) < 4.78 is 45.4. The first kappa shape index (κ1) is 19.7. The van der Waals surface area contributed by atoms with Gasteiger partial charge in [0, 0.05) is 24.6 Å². The molecule has 160 valence electrons. The monoisotopic (exact) mass is 429 g/mol. The Kier molecular flexibility index (Phi) is 4.40. The number of carbonyl (C=O) groups excluding carboxylic acids is 2. The summed E-state index contributed by atoms with van der Waals surface area (Å²) in [5, 5.41) is 2.84. The molecular weight excluding hydrogens is 411 g/mol. The van der Waals surface area contributed by atoms with Gasteiger partial charge in [-0.1, -0.05) is 18.2 Å². The van der Waals surface area contributed by atoms with E-state index in [2.05, 4.69) is 10.3 Å². The number of amides is 2. The Labute approximate surface area is 175 Å². The number of nitrogens with one attached hydrogen (secondary N) is 1. The van der Waals surface area contributed by atoms with E-state index in [1.54, 1.807) is 36.7 Å². The number of rotatable bonds is 4. The highest BCUT2D eigenvalue weighted by atomic mass is 19.4. The van der Waals surface area contributed by atoms with Crippen LogP contribution in [0.15, 0.2) is 60.9 Å². The van der Waals surface area contributed by atoms with Crippen LogP contribution in [0.1, 0.15) is 11.1 Å². The zero-order valence-corrected chi connectivity index (χ0v) is 16.2. The summed E-state index contributed by atoms with van der Waals surface area (Å²) in [6, 6.07) is 8.18. The number of benzene rings is 1. The van der Waals surface area contributed by atoms with Crippen LogP contribution in [-0.4, -0.2) is 35.0 Å². The fourth-order valence-electron chi connectivity index (χ4n) is 4.67. The molecular formula is C22H18F3N3O3. The van der Waals surface area contributed by atoms with Crippen molar-refractivity contribution >= 4 is 17.5 Å². The van der Waals surface area contributed by atoms with Crippen LogP contribution >= 0.6 is 0 Å². The van der Waals surface area contributed by atoms with Crippen molar-refractivity contribution in [3.05, 3.63) is 72.1 Å². The molecule has 31 heavy (non-hydrogen) atoms. The number of pyridine rings is 1. The molecule has 2 bridgehead atoms. The van der Waals surface area contributed by atoms with E-state index in [4.69, 9.17) is 4.74 Å². The van der Waals surface area contributed by atoms with Crippen LogP contribution in [0.4, 0.5) is 18.9 Å². The van der Waals surface area contributed by atoms with Gasteiger partial charge in [0.15, 0.2) is 0 Å². The van der Waals surface area contributed by atoms with Crippen molar-refractivity contribution < 1.29 is 27.5 Å². The standard InChI is InChI=1S/C22H18F3N3O3/c23-22(24,25)14-2-1-3-15(10-14)28-12-21-7-4-16(31-21)17(18(21)20(28)30)19(29)27-11-13-5-8-26-9-6-13/h1-10,16-18H,11-12H2,(H,27,29)/t16-,17+,18-,21+/m1/s1. The Morgan fingerprint density at radius 3 is 2.77 bits per heavy atom. The summed E-state index contributed by atoms with van der Waals surface area (Å²) >= 11 is 0. The largest absolute Gasteiger partial charge is 0.416 e. The molecule has 4 atom stereocenters. The summed E-state index contributed by atoms with van der Waals surface area (Å²) in [5.74, 6) is -2.25. The van der Waals surface area contributed by atoms with Crippen molar-refractivity contribution in [3.63, 3.8) is 0 Å². The van der Waals surface area contributed by atoms with Gasteiger partial charge in [0.1, 0.15) is 5.60 Å². The molecule has 2 aromatic rings. The molecule has 0 radical (unpaired) electrons. The van der Waals surface area contributed by atoms with Gasteiger partial charge >= 0.3 is 6.18 Å². The third kappa shape index (κ3) is 3.20. The predicted octanol–water partition coefficient (Wildman–Crippen LogP) is 2.70. The molecule has 6 nitrogen and oxygen atoms in total. The van der Waals surface area contributed by atoms with Crippen LogP contribution in [0.3, 0.4) is 0 Å². The summed E-state index contributed by atoms with van der Waals surface area (Å²) in [6.45, 7) is 0.346. The molecule has 2 fully saturated rings. The molecule has 0 saturated carbocycles. The lowest BCUT2D eigenvalue weighted by Crippen LogP contribution is -2.44. The molecule has 3 aliphatic heterocycles. The van der Waals surface area contributed by atoms with Gasteiger partial charge in [-0.15, -0.1) is 0 Å². The van der Waals surface area contributed by atoms with Gasteiger partial charge in [-0.2, -0.15) is 13.2 Å². The SMILES string of the molecule is O=C(NCc1ccncc1)[C@H]1[C@H]2C=C[C@@]3(CN(c4cccc(C(F)(F)F)c4)C(=O)[C@@H]13)O2. The molecule has 1 aromatic carbocycles. The zero-order valence-electron chi connectivity index (χ0n) is 16.2. The first-order valence-corrected chi connectivity index (χ1v) is 9.81. The molecule has 1 aromatic heterocycles. The van der Waals surface area contributed by atoms with Crippen LogP contribution in [0.5, 0.6) is 0 Å². The van der Waals surface area contributed by atoms with E-state index >= 15 is 0 Å². The number of nitrogens with zero attached hydrogens (tertiary/aromatic N) is 2. The third-order valence-corrected chi connectivity index (χ3v) is 6.10. The Balaban J connectivity index is 1.39. The molecule has 5 rings (SSSR count). The molecule has 1 spiro atoms. The number of ether oxygens (including phenoxy) is 1. The maximum Gasteiger partial charge on any atom is 0.416 e. The minimum Gasteiger partial charge on any atom is -0.360 e. The number of alkyl halides is 3. The molecule has 3 aliphatic rings. The lowest BCUT2D eigenvalue weighted by atomic mass is 9.77. The van der Waals surface area contributed by atoms with E-state index in [0.717, 1.165) is 17.7 Å². The smallest absolute Gasteiger partial charge is 0.360 e. The van der Waals surface area contributed by atoms with Crippen LogP contribution in [0.2, 0.25) is 0 Å². The van der Waals surface area contributed by atoms with Crippen LogP contribution in [0.25, 0.3) is 0 Å². The maximum atomic E-state index is 13.3. The second kappa shape index (κ2) is 6.91. The molecule has 2 amide bonds. The van der Waals surface area contributed by atoms with Crippen LogP contribution in [0, 0.1) is 11.8 Å². The van der Waals surface area contributed by atoms with Gasteiger partial charge in [0.05, 0.1) is 30.0 Å². The van der Waals surface area contributed by atoms with Crippen molar-refractivity contribution in [2.24, 2.45) is 11.8 Å². The second-order valence-corrected chi connectivity index (χ2v) is 7.95. The average Bonchev–Trinajstić information content (AvgIpc) is 3.40. The fourth-order valence-corrected chi connectivity index (χ4v) is 4.67. The second-order valence-electron chi connectivity index (χ2n) is 7.95. The molecule has 1 N–H and O–H groups in total. The Morgan fingerprint density at radius 2 is 2.03 bits per heavy atom. The lowest BCUT2D eigenvalue weighted by Gasteiger charge is -2.23. The normalized spacial score (nSPS) is 28.8. The summed E-state index contributed by atoms with van der Waals surface area (Å²) in [7, 11) is 0. The Morgan fingerprint density at radius 1 is 1.26 bits per heavy atom. The van der Waals surface area contributed by atoms with Crippen molar-refractivity contribution in [2.45, 2.75) is 24.4 Å². The molecule has 0 aliphatic carbocycles. The Hall–Kier alpha value is -3.20. The predicted molar refractivity (Wildman–Crippen MR) is 104 cm³/mol. The molecule has 9 heteroatoms. The number of halogens is 3. The zero-order chi connectivity index (χ0) is 21.8. The molecule has 2 saturated heterocycles. The number of carbonyl (C=O) groups is 2. The van der Waals surface area contributed by atoms with Gasteiger partial charge in [-0.25, -0.2) is 0 Å². The van der Waals surface area contributed by atoms with Gasteiger partial charge in [-0.05, 0) is 35.9 Å². The number of hydrogen-bond acceptors (Lipinski definition) is 4. The highest BCUT2D eigenvalue weighted by Crippen LogP contribution is 2.52. The van der Waals surface area contributed by atoms with E-state index in [1.165, 1.54) is 17.0 Å². The summed E-state index contributed by atoms with van der Waals surface area (Å²) in [6.07, 6.45) is 1.71. The van der Waals surface area contributed by atoms with Gasteiger partial charge in [0.2, 0.25) is 11.8 Å². The topological polar surface area (TPSA) is 71.5 Å². The minimum absolute atomic E-state index is 0.0684. The van der Waals surface area contributed by atoms with Crippen molar-refractivity contribution in [1.29, 1.82) is 0 Å². The van der Waals surface area contributed by atoms with Crippen LogP contribution in [-0.2, 0) is 27.0 Å². The van der Waals surface area contributed by atoms with E-state index in [9.17, 15) is 22.8 Å². The number of hydrogen-bond donors (Lipinski definition) is 1. The van der Waals surface area contributed by atoms with E-state index in [-0.39, 0.29) is 24.7 Å². The van der Waals surface area contributed by atoms with Crippen molar-refractivity contribution in [3.8, 4) is 0 Å². The molecule has 0 unspecified atom stereocenters. The van der Waals surface area contributed by atoms with E-state index in [0.29, 0.717) is 0 Å². The van der Waals surface area contributed by atoms with Crippen molar-refractivity contribution in [2.75, 3.05) is 11.4 Å². The highest BCUT2D eigenvalue weighted by molar-refractivity contribution is 6.03. The first-order valence-electron chi connectivity index (χ1n) is 9.81. The Bertz CT molecular complexity index is 1070. The van der Waals surface area contributed by atoms with Gasteiger partial charge < -0.3 is 15.0 Å². The van der Waals surface area contributed by atoms with E-state index < -0.39 is 41.2 Å². The number of fused-ring (bicyclic) bond motifs is 1. The molecule has 4 heterocycles. The number of aromatic nitrogens is 1.